The van der Waals surface area contributed by atoms with Gasteiger partial charge < -0.3 is 9.64 Å². The zero-order valence-corrected chi connectivity index (χ0v) is 15.6. The van der Waals surface area contributed by atoms with Gasteiger partial charge in [0.2, 0.25) is 0 Å². The number of hydrogen-bond acceptors (Lipinski definition) is 2. The lowest BCUT2D eigenvalue weighted by Gasteiger charge is -2.14. The maximum absolute atomic E-state index is 13.6. The monoisotopic (exact) mass is 358 g/mol. The number of rotatable bonds is 7. The normalized spacial score (nSPS) is 10.8. The van der Waals surface area contributed by atoms with Gasteiger partial charge >= 0.3 is 0 Å². The average Bonchev–Trinajstić information content (AvgIpc) is 2.63. The van der Waals surface area contributed by atoms with Crippen molar-refractivity contribution in [1.29, 1.82) is 0 Å². The standard InChI is InChI=1S/C21H24F2N2O/c1-5-25(4)14-24-20-12-15(2)18(11-16(20)3)19(21(22)23)13-26-17-9-7-6-8-10-17/h6-12,14H,5,13H2,1-4H3/b24-14-. The number of ether oxygens (including phenoxy) is 1. The zero-order chi connectivity index (χ0) is 19.1. The smallest absolute Gasteiger partial charge is 0.277 e. The highest BCUT2D eigenvalue weighted by molar-refractivity contribution is 5.74. The summed E-state index contributed by atoms with van der Waals surface area (Å²) in [5.74, 6) is 0.560. The highest BCUT2D eigenvalue weighted by atomic mass is 19.3. The summed E-state index contributed by atoms with van der Waals surface area (Å²) < 4.78 is 32.7. The van der Waals surface area contributed by atoms with Crippen molar-refractivity contribution in [1.82, 2.24) is 4.90 Å². The molecule has 0 aliphatic carbocycles. The van der Waals surface area contributed by atoms with Crippen molar-refractivity contribution in [3.8, 4) is 5.75 Å². The Balaban J connectivity index is 2.28. The molecule has 26 heavy (non-hydrogen) atoms. The summed E-state index contributed by atoms with van der Waals surface area (Å²) in [6.45, 7) is 6.36. The van der Waals surface area contributed by atoms with Crippen LogP contribution in [0.1, 0.15) is 23.6 Å². The summed E-state index contributed by atoms with van der Waals surface area (Å²) in [5.41, 5.74) is 2.73. The Hall–Kier alpha value is -2.69. The molecule has 0 aliphatic rings. The van der Waals surface area contributed by atoms with Crippen molar-refractivity contribution in [3.63, 3.8) is 0 Å². The molecule has 0 aromatic heterocycles. The van der Waals surface area contributed by atoms with E-state index in [4.69, 9.17) is 4.74 Å². The van der Waals surface area contributed by atoms with Gasteiger partial charge in [-0.15, -0.1) is 0 Å². The van der Waals surface area contributed by atoms with E-state index >= 15 is 0 Å². The lowest BCUT2D eigenvalue weighted by Crippen LogP contribution is -2.14. The van der Waals surface area contributed by atoms with E-state index in [0.717, 1.165) is 23.4 Å². The van der Waals surface area contributed by atoms with Gasteiger partial charge in [-0.1, -0.05) is 18.2 Å². The number of hydrogen-bond donors (Lipinski definition) is 0. The third-order valence-electron chi connectivity index (χ3n) is 4.12. The molecular weight excluding hydrogens is 334 g/mol. The summed E-state index contributed by atoms with van der Waals surface area (Å²) in [6.07, 6.45) is 0.0114. The van der Waals surface area contributed by atoms with Crippen LogP contribution >= 0.6 is 0 Å². The first kappa shape index (κ1) is 19.6. The lowest BCUT2D eigenvalue weighted by molar-refractivity contribution is 0.354. The van der Waals surface area contributed by atoms with Crippen LogP contribution < -0.4 is 4.74 Å². The van der Waals surface area contributed by atoms with Crippen LogP contribution in [0.2, 0.25) is 0 Å². The first-order valence-corrected chi connectivity index (χ1v) is 8.50. The molecule has 0 aliphatic heterocycles. The molecule has 138 valence electrons. The van der Waals surface area contributed by atoms with Gasteiger partial charge in [0.1, 0.15) is 12.4 Å². The van der Waals surface area contributed by atoms with E-state index in [-0.39, 0.29) is 12.2 Å². The van der Waals surface area contributed by atoms with E-state index in [1.807, 2.05) is 44.9 Å². The molecule has 0 fully saturated rings. The molecule has 0 spiro atoms. The molecule has 2 aromatic carbocycles. The van der Waals surface area contributed by atoms with E-state index in [2.05, 4.69) is 4.99 Å². The van der Waals surface area contributed by atoms with Crippen LogP contribution in [0.25, 0.3) is 5.57 Å². The SMILES string of the molecule is CCN(C)/C=N\c1cc(C)c(C(COc2ccccc2)=C(F)F)cc1C. The van der Waals surface area contributed by atoms with E-state index < -0.39 is 6.08 Å². The molecule has 0 heterocycles. The number of aryl methyl sites for hydroxylation is 2. The second kappa shape index (κ2) is 9.13. The van der Waals surface area contributed by atoms with Crippen LogP contribution in [0, 0.1) is 13.8 Å². The van der Waals surface area contributed by atoms with Crippen molar-refractivity contribution in [3.05, 3.63) is 65.2 Å². The summed E-state index contributed by atoms with van der Waals surface area (Å²) in [4.78, 5) is 6.39. The van der Waals surface area contributed by atoms with Crippen LogP contribution in [0.3, 0.4) is 0 Å². The molecule has 2 rings (SSSR count). The Labute approximate surface area is 153 Å². The molecule has 3 nitrogen and oxygen atoms in total. The first-order chi connectivity index (χ1) is 12.4. The fourth-order valence-corrected chi connectivity index (χ4v) is 2.41. The van der Waals surface area contributed by atoms with Gasteiger partial charge in [-0.3, -0.25) is 0 Å². The van der Waals surface area contributed by atoms with Crippen LogP contribution in [-0.2, 0) is 0 Å². The minimum absolute atomic E-state index is 0.101. The Morgan fingerprint density at radius 2 is 1.81 bits per heavy atom. The Bertz CT molecular complexity index is 797. The zero-order valence-electron chi connectivity index (χ0n) is 15.6. The van der Waals surface area contributed by atoms with Gasteiger partial charge in [0.15, 0.2) is 0 Å². The van der Waals surface area contributed by atoms with Crippen molar-refractivity contribution in [2.24, 2.45) is 4.99 Å². The molecule has 0 bridgehead atoms. The minimum Gasteiger partial charge on any atom is -0.489 e. The number of benzene rings is 2. The Morgan fingerprint density at radius 1 is 1.12 bits per heavy atom. The number of aliphatic imine (C=N–C) groups is 1. The quantitative estimate of drug-likeness (QED) is 0.475. The molecule has 0 atom stereocenters. The molecule has 0 saturated heterocycles. The van der Waals surface area contributed by atoms with Crippen molar-refractivity contribution < 1.29 is 13.5 Å². The molecule has 0 amide bonds. The first-order valence-electron chi connectivity index (χ1n) is 8.50. The maximum Gasteiger partial charge on any atom is 0.277 e. The van der Waals surface area contributed by atoms with Crippen LogP contribution in [-0.4, -0.2) is 31.4 Å². The number of halogens is 2. The van der Waals surface area contributed by atoms with E-state index in [9.17, 15) is 8.78 Å². The fraction of sp³-hybridized carbons (Fsp3) is 0.286. The lowest BCUT2D eigenvalue weighted by atomic mass is 9.98. The van der Waals surface area contributed by atoms with Gasteiger partial charge in [0.05, 0.1) is 17.6 Å². The van der Waals surface area contributed by atoms with Gasteiger partial charge in [-0.05, 0) is 61.7 Å². The molecule has 0 unspecified atom stereocenters. The minimum atomic E-state index is -1.73. The fourth-order valence-electron chi connectivity index (χ4n) is 2.41. The summed E-state index contributed by atoms with van der Waals surface area (Å²) >= 11 is 0. The van der Waals surface area contributed by atoms with Crippen molar-refractivity contribution >= 4 is 17.6 Å². The van der Waals surface area contributed by atoms with Crippen LogP contribution in [0.4, 0.5) is 14.5 Å². The summed E-state index contributed by atoms with van der Waals surface area (Å²) in [5, 5.41) is 0. The van der Waals surface area contributed by atoms with Gasteiger partial charge in [0.25, 0.3) is 6.08 Å². The third kappa shape index (κ3) is 5.15. The third-order valence-corrected chi connectivity index (χ3v) is 4.12. The van der Waals surface area contributed by atoms with Gasteiger partial charge in [-0.25, -0.2) is 4.99 Å². The summed E-state index contributed by atoms with van der Waals surface area (Å²) in [6, 6.07) is 12.5. The van der Waals surface area contributed by atoms with Crippen LogP contribution in [0.5, 0.6) is 5.75 Å². The maximum atomic E-state index is 13.6. The Morgan fingerprint density at radius 3 is 2.42 bits per heavy atom. The predicted octanol–water partition coefficient (Wildman–Crippen LogP) is 5.60. The molecule has 5 heteroatoms. The second-order valence-electron chi connectivity index (χ2n) is 6.11. The van der Waals surface area contributed by atoms with Gasteiger partial charge in [0, 0.05) is 13.6 Å². The van der Waals surface area contributed by atoms with E-state index in [0.29, 0.717) is 11.3 Å². The van der Waals surface area contributed by atoms with Gasteiger partial charge in [-0.2, -0.15) is 8.78 Å². The Kier molecular flexibility index (Phi) is 6.89. The topological polar surface area (TPSA) is 24.8 Å². The molecule has 0 radical (unpaired) electrons. The van der Waals surface area contributed by atoms with E-state index in [1.54, 1.807) is 36.7 Å². The number of para-hydroxylation sites is 1. The van der Waals surface area contributed by atoms with Crippen molar-refractivity contribution in [2.75, 3.05) is 20.2 Å². The molecular formula is C21H24F2N2O. The van der Waals surface area contributed by atoms with E-state index in [1.165, 1.54) is 0 Å². The second-order valence-corrected chi connectivity index (χ2v) is 6.11. The van der Waals surface area contributed by atoms with Crippen LogP contribution in [0.15, 0.2) is 53.5 Å². The molecule has 2 aromatic rings. The average molecular weight is 358 g/mol. The highest BCUT2D eigenvalue weighted by Gasteiger charge is 2.15. The molecule has 0 N–H and O–H groups in total. The summed E-state index contributed by atoms with van der Waals surface area (Å²) in [7, 11) is 1.93. The molecule has 0 saturated carbocycles. The largest absolute Gasteiger partial charge is 0.489 e. The predicted molar refractivity (Wildman–Crippen MR) is 103 cm³/mol. The number of nitrogens with zero attached hydrogens (tertiary/aromatic N) is 2. The highest BCUT2D eigenvalue weighted by Crippen LogP contribution is 2.30. The van der Waals surface area contributed by atoms with Crippen molar-refractivity contribution in [2.45, 2.75) is 20.8 Å².